The summed E-state index contributed by atoms with van der Waals surface area (Å²) in [6, 6.07) is 8.19. The highest BCUT2D eigenvalue weighted by atomic mass is 79.9. The molecule has 0 saturated carbocycles. The van der Waals surface area contributed by atoms with E-state index in [0.29, 0.717) is 12.3 Å². The van der Waals surface area contributed by atoms with E-state index in [1.165, 1.54) is 11.8 Å². The molecule has 104 valence electrons. The first-order valence-corrected chi connectivity index (χ1v) is 7.14. The number of halogens is 1. The molecule has 0 heterocycles. The SMILES string of the molecule is CC(C=N)N(C)C(=N)CC(C)(C)c1cccc(Br)c1. The van der Waals surface area contributed by atoms with Crippen LogP contribution in [0.25, 0.3) is 0 Å². The van der Waals surface area contributed by atoms with Gasteiger partial charge in [0, 0.05) is 24.2 Å². The lowest BCUT2D eigenvalue weighted by Gasteiger charge is -2.31. The van der Waals surface area contributed by atoms with Crippen molar-refractivity contribution in [2.45, 2.75) is 38.6 Å². The molecule has 0 aliphatic carbocycles. The summed E-state index contributed by atoms with van der Waals surface area (Å²) in [7, 11) is 1.87. The molecule has 2 N–H and O–H groups in total. The van der Waals surface area contributed by atoms with Crippen LogP contribution in [0, 0.1) is 10.8 Å². The average Bonchev–Trinajstić information content (AvgIpc) is 2.36. The maximum absolute atomic E-state index is 8.20. The molecular formula is C15H22BrN3. The van der Waals surface area contributed by atoms with Gasteiger partial charge in [0.15, 0.2) is 0 Å². The summed E-state index contributed by atoms with van der Waals surface area (Å²) in [5.74, 6) is 0.556. The molecule has 0 fully saturated rings. The Hall–Kier alpha value is -1.16. The topological polar surface area (TPSA) is 50.9 Å². The first-order chi connectivity index (χ1) is 8.77. The largest absolute Gasteiger partial charge is 0.356 e. The Morgan fingerprint density at radius 3 is 2.63 bits per heavy atom. The van der Waals surface area contributed by atoms with Crippen molar-refractivity contribution in [3.8, 4) is 0 Å². The summed E-state index contributed by atoms with van der Waals surface area (Å²) < 4.78 is 1.06. The van der Waals surface area contributed by atoms with Gasteiger partial charge in [0.05, 0.1) is 11.9 Å². The Morgan fingerprint density at radius 1 is 1.47 bits per heavy atom. The summed E-state index contributed by atoms with van der Waals surface area (Å²) in [5, 5.41) is 15.5. The smallest absolute Gasteiger partial charge is 0.0969 e. The van der Waals surface area contributed by atoms with E-state index in [1.807, 2.05) is 31.0 Å². The van der Waals surface area contributed by atoms with E-state index in [9.17, 15) is 0 Å². The third-order valence-electron chi connectivity index (χ3n) is 3.49. The van der Waals surface area contributed by atoms with Crippen LogP contribution in [0.5, 0.6) is 0 Å². The van der Waals surface area contributed by atoms with Gasteiger partial charge in [-0.05, 0) is 30.0 Å². The highest BCUT2D eigenvalue weighted by Gasteiger charge is 2.25. The monoisotopic (exact) mass is 323 g/mol. The second-order valence-corrected chi connectivity index (χ2v) is 6.45. The fourth-order valence-corrected chi connectivity index (χ4v) is 2.31. The van der Waals surface area contributed by atoms with Crippen molar-refractivity contribution in [3.63, 3.8) is 0 Å². The fourth-order valence-electron chi connectivity index (χ4n) is 1.91. The Labute approximate surface area is 124 Å². The Balaban J connectivity index is 2.85. The summed E-state index contributed by atoms with van der Waals surface area (Å²) in [6.07, 6.45) is 2.01. The second-order valence-electron chi connectivity index (χ2n) is 5.54. The van der Waals surface area contributed by atoms with E-state index in [-0.39, 0.29) is 11.5 Å². The minimum Gasteiger partial charge on any atom is -0.356 e. The molecule has 0 aliphatic heterocycles. The maximum Gasteiger partial charge on any atom is 0.0969 e. The molecule has 1 aromatic carbocycles. The minimum atomic E-state index is -0.100. The van der Waals surface area contributed by atoms with Gasteiger partial charge < -0.3 is 10.3 Å². The highest BCUT2D eigenvalue weighted by Crippen LogP contribution is 2.29. The van der Waals surface area contributed by atoms with Crippen LogP contribution in [-0.4, -0.2) is 30.0 Å². The van der Waals surface area contributed by atoms with Crippen molar-refractivity contribution in [3.05, 3.63) is 34.3 Å². The van der Waals surface area contributed by atoms with Crippen LogP contribution in [0.3, 0.4) is 0 Å². The number of hydrogen-bond acceptors (Lipinski definition) is 2. The van der Waals surface area contributed by atoms with E-state index in [2.05, 4.69) is 41.9 Å². The Morgan fingerprint density at radius 2 is 2.11 bits per heavy atom. The van der Waals surface area contributed by atoms with Gasteiger partial charge in [-0.3, -0.25) is 5.41 Å². The van der Waals surface area contributed by atoms with E-state index in [0.717, 1.165) is 4.47 Å². The van der Waals surface area contributed by atoms with Crippen LogP contribution in [0.15, 0.2) is 28.7 Å². The fraction of sp³-hybridized carbons (Fsp3) is 0.467. The summed E-state index contributed by atoms with van der Waals surface area (Å²) in [6.45, 7) is 6.21. The zero-order valence-electron chi connectivity index (χ0n) is 12.0. The molecule has 19 heavy (non-hydrogen) atoms. The molecule has 0 radical (unpaired) electrons. The second kappa shape index (κ2) is 6.33. The minimum absolute atomic E-state index is 0.0363. The Kier molecular flexibility index (Phi) is 5.29. The van der Waals surface area contributed by atoms with Crippen molar-refractivity contribution < 1.29 is 0 Å². The number of benzene rings is 1. The van der Waals surface area contributed by atoms with Crippen molar-refractivity contribution in [1.29, 1.82) is 10.8 Å². The van der Waals surface area contributed by atoms with Crippen LogP contribution < -0.4 is 0 Å². The quantitative estimate of drug-likeness (QED) is 0.623. The third kappa shape index (κ3) is 4.16. The van der Waals surface area contributed by atoms with Crippen molar-refractivity contribution in [1.82, 2.24) is 4.90 Å². The van der Waals surface area contributed by atoms with Gasteiger partial charge in [0.25, 0.3) is 0 Å². The van der Waals surface area contributed by atoms with Crippen LogP contribution in [0.2, 0.25) is 0 Å². The standard InChI is InChI=1S/C15H22BrN3/c1-11(10-17)19(4)14(18)9-15(2,3)12-6-5-7-13(16)8-12/h5-8,10-11,17-18H,9H2,1-4H3. The van der Waals surface area contributed by atoms with E-state index < -0.39 is 0 Å². The maximum atomic E-state index is 8.20. The molecule has 0 saturated heterocycles. The first-order valence-electron chi connectivity index (χ1n) is 6.35. The van der Waals surface area contributed by atoms with E-state index >= 15 is 0 Å². The lowest BCUT2D eigenvalue weighted by Crippen LogP contribution is -2.38. The first kappa shape index (κ1) is 15.9. The molecule has 0 spiro atoms. The van der Waals surface area contributed by atoms with Crippen molar-refractivity contribution in [2.75, 3.05) is 7.05 Å². The molecule has 3 nitrogen and oxygen atoms in total. The van der Waals surface area contributed by atoms with Gasteiger partial charge in [-0.2, -0.15) is 0 Å². The number of rotatable bonds is 5. The number of nitrogens with zero attached hydrogens (tertiary/aromatic N) is 1. The molecule has 0 bridgehead atoms. The molecule has 0 amide bonds. The van der Waals surface area contributed by atoms with Crippen LogP contribution in [0.1, 0.15) is 32.8 Å². The molecule has 1 unspecified atom stereocenters. The molecule has 0 aliphatic rings. The van der Waals surface area contributed by atoms with E-state index in [1.54, 1.807) is 0 Å². The van der Waals surface area contributed by atoms with Crippen LogP contribution >= 0.6 is 15.9 Å². The van der Waals surface area contributed by atoms with Gasteiger partial charge >= 0.3 is 0 Å². The molecule has 4 heteroatoms. The van der Waals surface area contributed by atoms with E-state index in [4.69, 9.17) is 10.8 Å². The van der Waals surface area contributed by atoms with Gasteiger partial charge in [0.1, 0.15) is 0 Å². The third-order valence-corrected chi connectivity index (χ3v) is 3.99. The molecular weight excluding hydrogens is 302 g/mol. The lowest BCUT2D eigenvalue weighted by molar-refractivity contribution is 0.435. The molecule has 0 aromatic heterocycles. The van der Waals surface area contributed by atoms with Crippen LogP contribution in [-0.2, 0) is 5.41 Å². The molecule has 1 aromatic rings. The van der Waals surface area contributed by atoms with Crippen molar-refractivity contribution >= 4 is 28.0 Å². The van der Waals surface area contributed by atoms with Gasteiger partial charge in [-0.25, -0.2) is 0 Å². The normalized spacial score (nSPS) is 12.9. The summed E-state index contributed by atoms with van der Waals surface area (Å²) in [4.78, 5) is 1.84. The van der Waals surface area contributed by atoms with Gasteiger partial charge in [-0.1, -0.05) is 41.9 Å². The zero-order valence-corrected chi connectivity index (χ0v) is 13.6. The predicted octanol–water partition coefficient (Wildman–Crippen LogP) is 4.06. The lowest BCUT2D eigenvalue weighted by atomic mass is 9.81. The van der Waals surface area contributed by atoms with Gasteiger partial charge in [-0.15, -0.1) is 0 Å². The van der Waals surface area contributed by atoms with Gasteiger partial charge in [0.2, 0.25) is 0 Å². The zero-order chi connectivity index (χ0) is 14.6. The molecule has 1 atom stereocenters. The number of nitrogens with one attached hydrogen (secondary N) is 2. The molecule has 1 rings (SSSR count). The number of hydrogen-bond donors (Lipinski definition) is 2. The van der Waals surface area contributed by atoms with Crippen molar-refractivity contribution in [2.24, 2.45) is 0 Å². The Bertz CT molecular complexity index is 468. The average molecular weight is 324 g/mol. The van der Waals surface area contributed by atoms with Crippen LogP contribution in [0.4, 0.5) is 0 Å². The summed E-state index contributed by atoms with van der Waals surface area (Å²) >= 11 is 3.49. The summed E-state index contributed by atoms with van der Waals surface area (Å²) in [5.41, 5.74) is 1.11. The number of amidine groups is 1. The predicted molar refractivity (Wildman–Crippen MR) is 85.5 cm³/mol. The highest BCUT2D eigenvalue weighted by molar-refractivity contribution is 9.10.